The first-order valence-electron chi connectivity index (χ1n) is 6.57. The topological polar surface area (TPSA) is 0 Å². The van der Waals surface area contributed by atoms with Crippen molar-refractivity contribution in [3.05, 3.63) is 41.0 Å². The summed E-state index contributed by atoms with van der Waals surface area (Å²) in [7, 11) is 9.87. The summed E-state index contributed by atoms with van der Waals surface area (Å²) in [5, 5.41) is 2.85. The Labute approximate surface area is 135 Å². The third-order valence-electron chi connectivity index (χ3n) is 3.31. The van der Waals surface area contributed by atoms with Crippen LogP contribution in [0.15, 0.2) is 24.3 Å². The second-order valence-electron chi connectivity index (χ2n) is 5.53. The SMILES string of the molecule is Cc1cc2c(C(C)C)cc(C(C)C)cc2[cH-]1.[Cl][Zr][Cl]. The number of hydrogen-bond donors (Lipinski definition) is 0. The molecule has 0 nitrogen and oxygen atoms in total. The van der Waals surface area contributed by atoms with Gasteiger partial charge in [0.05, 0.1) is 0 Å². The first-order valence-corrected chi connectivity index (χ1v) is 12.9. The van der Waals surface area contributed by atoms with Gasteiger partial charge in [0, 0.05) is 0 Å². The molecule has 0 fully saturated rings. The van der Waals surface area contributed by atoms with Crippen LogP contribution in [0, 0.1) is 6.92 Å². The molecule has 0 aliphatic rings. The van der Waals surface area contributed by atoms with Crippen molar-refractivity contribution in [3.8, 4) is 0 Å². The summed E-state index contributed by atoms with van der Waals surface area (Å²) in [5.41, 5.74) is 4.33. The zero-order valence-electron chi connectivity index (χ0n) is 12.2. The first kappa shape index (κ1) is 17.3. The quantitative estimate of drug-likeness (QED) is 0.526. The van der Waals surface area contributed by atoms with Crippen molar-refractivity contribution < 1.29 is 20.8 Å². The van der Waals surface area contributed by atoms with Gasteiger partial charge in [-0.25, -0.2) is 0 Å². The summed E-state index contributed by atoms with van der Waals surface area (Å²) in [6.45, 7) is 11.3. The van der Waals surface area contributed by atoms with Gasteiger partial charge < -0.3 is 0 Å². The Balaban J connectivity index is 0.000000550. The van der Waals surface area contributed by atoms with Crippen molar-refractivity contribution in [1.29, 1.82) is 0 Å². The Morgan fingerprint density at radius 2 is 1.58 bits per heavy atom. The van der Waals surface area contributed by atoms with Crippen LogP contribution in [0.3, 0.4) is 0 Å². The summed E-state index contributed by atoms with van der Waals surface area (Å²) in [6.07, 6.45) is 0. The molecule has 2 rings (SSSR count). The number of fused-ring (bicyclic) bond motifs is 1. The summed E-state index contributed by atoms with van der Waals surface area (Å²) in [6, 6.07) is 9.35. The molecule has 0 radical (unpaired) electrons. The predicted molar refractivity (Wildman–Crippen MR) is 84.2 cm³/mol. The summed E-state index contributed by atoms with van der Waals surface area (Å²) >= 11 is -0.826. The molecule has 0 amide bonds. The standard InChI is InChI=1S/C16H21.2ClH.Zr/c1-10(2)13-8-14-6-12(5)7-16(14)15(9-13)11(3)4;;;/h6-11H,1-5H3;2*1H;/q-1;;;+2/p-2. The van der Waals surface area contributed by atoms with E-state index in [1.165, 1.54) is 27.5 Å². The molecule has 0 bridgehead atoms. The average Bonchev–Trinajstić information content (AvgIpc) is 2.68. The van der Waals surface area contributed by atoms with Crippen molar-refractivity contribution in [3.63, 3.8) is 0 Å². The van der Waals surface area contributed by atoms with E-state index in [2.05, 4.69) is 58.9 Å². The minimum atomic E-state index is -0.826. The minimum absolute atomic E-state index is 0.600. The molecular formula is C16H21Cl2Zr-. The number of halogens is 2. The molecule has 2 aromatic rings. The summed E-state index contributed by atoms with van der Waals surface area (Å²) in [5.74, 6) is 1.21. The van der Waals surface area contributed by atoms with Gasteiger partial charge in [0.1, 0.15) is 0 Å². The van der Waals surface area contributed by atoms with Crippen molar-refractivity contribution in [2.45, 2.75) is 46.5 Å². The van der Waals surface area contributed by atoms with E-state index >= 15 is 0 Å². The van der Waals surface area contributed by atoms with Crippen LogP contribution < -0.4 is 0 Å². The molecular weight excluding hydrogens is 354 g/mol. The van der Waals surface area contributed by atoms with Gasteiger partial charge in [-0.1, -0.05) is 51.8 Å². The third-order valence-corrected chi connectivity index (χ3v) is 3.31. The van der Waals surface area contributed by atoms with E-state index in [0.29, 0.717) is 11.8 Å². The Kier molecular flexibility index (Phi) is 7.22. The molecule has 0 saturated heterocycles. The Hall–Kier alpha value is 0.293. The Morgan fingerprint density at radius 1 is 1.00 bits per heavy atom. The first-order chi connectivity index (χ1) is 8.90. The van der Waals surface area contributed by atoms with E-state index in [1.807, 2.05) is 0 Å². The molecule has 104 valence electrons. The molecule has 0 atom stereocenters. The van der Waals surface area contributed by atoms with E-state index in [0.717, 1.165) is 0 Å². The number of benzene rings is 1. The average molecular weight is 375 g/mol. The van der Waals surface area contributed by atoms with Crippen LogP contribution in [0.25, 0.3) is 10.8 Å². The van der Waals surface area contributed by atoms with Crippen molar-refractivity contribution >= 4 is 27.8 Å². The molecule has 3 heteroatoms. The van der Waals surface area contributed by atoms with Crippen LogP contribution in [-0.4, -0.2) is 0 Å². The second kappa shape index (κ2) is 7.91. The normalized spacial score (nSPS) is 10.8. The van der Waals surface area contributed by atoms with Crippen LogP contribution in [0.1, 0.15) is 56.2 Å². The van der Waals surface area contributed by atoms with E-state index < -0.39 is 20.8 Å². The number of aryl methyl sites for hydroxylation is 1. The van der Waals surface area contributed by atoms with E-state index in [1.54, 1.807) is 0 Å². The molecule has 19 heavy (non-hydrogen) atoms. The zero-order chi connectivity index (χ0) is 14.6. The van der Waals surface area contributed by atoms with Crippen molar-refractivity contribution in [1.82, 2.24) is 0 Å². The van der Waals surface area contributed by atoms with E-state index in [9.17, 15) is 0 Å². The fraction of sp³-hybridized carbons (Fsp3) is 0.438. The molecule has 0 unspecified atom stereocenters. The van der Waals surface area contributed by atoms with E-state index in [-0.39, 0.29) is 0 Å². The van der Waals surface area contributed by atoms with Crippen LogP contribution >= 0.6 is 17.0 Å². The zero-order valence-corrected chi connectivity index (χ0v) is 16.2. The molecule has 0 saturated carbocycles. The van der Waals surface area contributed by atoms with Gasteiger partial charge in [-0.15, -0.1) is 28.5 Å². The van der Waals surface area contributed by atoms with Gasteiger partial charge in [0.2, 0.25) is 0 Å². The van der Waals surface area contributed by atoms with E-state index in [4.69, 9.17) is 17.0 Å². The Bertz CT molecular complexity index is 527. The van der Waals surface area contributed by atoms with Gasteiger partial charge in [-0.2, -0.15) is 6.07 Å². The van der Waals surface area contributed by atoms with Gasteiger partial charge in [-0.3, -0.25) is 0 Å². The molecule has 0 N–H and O–H groups in total. The maximum absolute atomic E-state index is 4.93. The molecule has 0 heterocycles. The third kappa shape index (κ3) is 4.66. The molecule has 0 aliphatic heterocycles. The Morgan fingerprint density at radius 3 is 2.05 bits per heavy atom. The second-order valence-corrected chi connectivity index (χ2v) is 9.26. The fourth-order valence-electron chi connectivity index (χ4n) is 2.33. The van der Waals surface area contributed by atoms with Gasteiger partial charge in [0.15, 0.2) is 0 Å². The van der Waals surface area contributed by atoms with Crippen molar-refractivity contribution in [2.75, 3.05) is 0 Å². The number of rotatable bonds is 2. The number of hydrogen-bond acceptors (Lipinski definition) is 0. The van der Waals surface area contributed by atoms with Crippen LogP contribution in [0.2, 0.25) is 0 Å². The monoisotopic (exact) mass is 373 g/mol. The van der Waals surface area contributed by atoms with Crippen LogP contribution in [0.4, 0.5) is 0 Å². The summed E-state index contributed by atoms with van der Waals surface area (Å²) in [4.78, 5) is 0. The van der Waals surface area contributed by atoms with Gasteiger partial charge in [-0.05, 0) is 11.8 Å². The molecule has 0 aromatic heterocycles. The molecule has 2 aromatic carbocycles. The van der Waals surface area contributed by atoms with Crippen LogP contribution in [-0.2, 0) is 20.8 Å². The fourth-order valence-corrected chi connectivity index (χ4v) is 2.33. The summed E-state index contributed by atoms with van der Waals surface area (Å²) < 4.78 is 0. The predicted octanol–water partition coefficient (Wildman–Crippen LogP) is 6.49. The van der Waals surface area contributed by atoms with Crippen molar-refractivity contribution in [2.24, 2.45) is 0 Å². The van der Waals surface area contributed by atoms with Gasteiger partial charge in [0.25, 0.3) is 0 Å². The van der Waals surface area contributed by atoms with Crippen LogP contribution in [0.5, 0.6) is 0 Å². The molecule has 0 aliphatic carbocycles. The van der Waals surface area contributed by atoms with Gasteiger partial charge >= 0.3 is 37.9 Å². The maximum atomic E-state index is 4.93. The molecule has 0 spiro atoms.